The van der Waals surface area contributed by atoms with Gasteiger partial charge in [-0.05, 0) is 43.7 Å². The maximum Gasteiger partial charge on any atom is 0.416 e. The number of carbonyl (C=O) groups excluding carboxylic acids is 2. The first-order valence-electron chi connectivity index (χ1n) is 8.20. The molecule has 27 heavy (non-hydrogen) atoms. The Morgan fingerprint density at radius 3 is 2.63 bits per heavy atom. The van der Waals surface area contributed by atoms with Gasteiger partial charge in [-0.2, -0.15) is 13.2 Å². The fourth-order valence-corrected chi connectivity index (χ4v) is 3.78. The highest BCUT2D eigenvalue weighted by molar-refractivity contribution is 7.14. The second-order valence-electron chi connectivity index (χ2n) is 6.20. The highest BCUT2D eigenvalue weighted by atomic mass is 32.1. The van der Waals surface area contributed by atoms with Crippen LogP contribution in [0.4, 0.5) is 18.3 Å². The van der Waals surface area contributed by atoms with Gasteiger partial charge in [0, 0.05) is 10.9 Å². The molecule has 0 spiro atoms. The molecular formula is C17H17F3N4O2S. The van der Waals surface area contributed by atoms with Crippen molar-refractivity contribution in [3.63, 3.8) is 0 Å². The van der Waals surface area contributed by atoms with E-state index >= 15 is 0 Å². The number of anilines is 1. The lowest BCUT2D eigenvalue weighted by Crippen LogP contribution is -2.33. The molecule has 3 rings (SSSR count). The summed E-state index contributed by atoms with van der Waals surface area (Å²) >= 11 is 1.22. The highest BCUT2D eigenvalue weighted by Crippen LogP contribution is 2.33. The van der Waals surface area contributed by atoms with Crippen molar-refractivity contribution in [2.75, 3.05) is 18.4 Å². The molecule has 3 N–H and O–H groups in total. The molecule has 1 aromatic carbocycles. The Hall–Kier alpha value is -2.46. The van der Waals surface area contributed by atoms with E-state index in [0.717, 1.165) is 49.3 Å². The topological polar surface area (TPSA) is 88.3 Å². The first-order chi connectivity index (χ1) is 12.7. The molecule has 2 amide bonds. The Labute approximate surface area is 157 Å². The number of thiazole rings is 1. The third kappa shape index (κ3) is 4.64. The zero-order valence-electron chi connectivity index (χ0n) is 14.1. The zero-order valence-corrected chi connectivity index (χ0v) is 14.9. The molecule has 0 radical (unpaired) electrons. The van der Waals surface area contributed by atoms with Gasteiger partial charge in [0.2, 0.25) is 5.91 Å². The molecule has 1 saturated heterocycles. The Morgan fingerprint density at radius 1 is 1.30 bits per heavy atom. The molecule has 144 valence electrons. The lowest BCUT2D eigenvalue weighted by molar-refractivity contribution is -0.137. The molecule has 2 aromatic rings. The van der Waals surface area contributed by atoms with Gasteiger partial charge in [0.05, 0.1) is 23.8 Å². The summed E-state index contributed by atoms with van der Waals surface area (Å²) in [4.78, 5) is 29.7. The summed E-state index contributed by atoms with van der Waals surface area (Å²) in [5, 5.41) is 4.74. The molecule has 1 aromatic heterocycles. The van der Waals surface area contributed by atoms with Crippen molar-refractivity contribution < 1.29 is 22.8 Å². The van der Waals surface area contributed by atoms with Crippen LogP contribution in [0.1, 0.15) is 40.5 Å². The molecule has 10 heteroatoms. The summed E-state index contributed by atoms with van der Waals surface area (Å²) in [5.41, 5.74) is 5.29. The Kier molecular flexibility index (Phi) is 5.47. The van der Waals surface area contributed by atoms with Crippen LogP contribution in [0, 0.1) is 0 Å². The van der Waals surface area contributed by atoms with Crippen molar-refractivity contribution in [2.24, 2.45) is 5.73 Å². The quantitative estimate of drug-likeness (QED) is 0.810. The van der Waals surface area contributed by atoms with Gasteiger partial charge in [-0.1, -0.05) is 0 Å². The second kappa shape index (κ2) is 7.65. The Morgan fingerprint density at radius 2 is 2.00 bits per heavy atom. The lowest BCUT2D eigenvalue weighted by atomic mass is 10.1. The first kappa shape index (κ1) is 19.3. The molecule has 1 atom stereocenters. The summed E-state index contributed by atoms with van der Waals surface area (Å²) in [6, 6.07) is 3.94. The molecule has 6 nitrogen and oxygen atoms in total. The van der Waals surface area contributed by atoms with Crippen LogP contribution in [0.15, 0.2) is 29.6 Å². The molecule has 1 aliphatic heterocycles. The smallest absolute Gasteiger partial charge is 0.369 e. The standard InChI is InChI=1S/C17H17F3N4O2S/c18-17(19,20)11-5-3-10(4-6-11)15(26)23-16-22-12(9-27-16)13-2-1-7-24(13)8-14(21)25/h3-6,9,13H,1-2,7-8H2,(H2,21,25)(H,22,23,26)/t13-/m0/s1. The van der Waals surface area contributed by atoms with E-state index in [2.05, 4.69) is 10.3 Å². The second-order valence-corrected chi connectivity index (χ2v) is 7.06. The lowest BCUT2D eigenvalue weighted by Gasteiger charge is -2.21. The number of halogens is 3. The fraction of sp³-hybridized carbons (Fsp3) is 0.353. The van der Waals surface area contributed by atoms with Crippen LogP contribution in [-0.4, -0.2) is 34.8 Å². The van der Waals surface area contributed by atoms with Crippen LogP contribution >= 0.6 is 11.3 Å². The number of primary amides is 1. The van der Waals surface area contributed by atoms with E-state index in [0.29, 0.717) is 5.13 Å². The largest absolute Gasteiger partial charge is 0.416 e. The SMILES string of the molecule is NC(=O)CN1CCC[C@H]1c1csc(NC(=O)c2ccc(C(F)(F)F)cc2)n1. The number of rotatable bonds is 5. The van der Waals surface area contributed by atoms with E-state index in [1.165, 1.54) is 11.3 Å². The van der Waals surface area contributed by atoms with Gasteiger partial charge in [0.1, 0.15) is 0 Å². The zero-order chi connectivity index (χ0) is 19.6. The minimum atomic E-state index is -4.45. The van der Waals surface area contributed by atoms with E-state index in [1.807, 2.05) is 4.90 Å². The van der Waals surface area contributed by atoms with Crippen molar-refractivity contribution >= 4 is 28.3 Å². The van der Waals surface area contributed by atoms with Crippen molar-refractivity contribution in [3.8, 4) is 0 Å². The van der Waals surface area contributed by atoms with Crippen molar-refractivity contribution in [1.29, 1.82) is 0 Å². The van der Waals surface area contributed by atoms with Gasteiger partial charge < -0.3 is 5.73 Å². The number of hydrogen-bond donors (Lipinski definition) is 2. The first-order valence-corrected chi connectivity index (χ1v) is 9.08. The number of nitrogens with two attached hydrogens (primary N) is 1. The maximum absolute atomic E-state index is 12.6. The van der Waals surface area contributed by atoms with Crippen LogP contribution < -0.4 is 11.1 Å². The molecule has 0 aliphatic carbocycles. The number of alkyl halides is 3. The van der Waals surface area contributed by atoms with E-state index in [9.17, 15) is 22.8 Å². The summed E-state index contributed by atoms with van der Waals surface area (Å²) in [6.07, 6.45) is -2.69. The third-order valence-corrected chi connectivity index (χ3v) is 5.06. The van der Waals surface area contributed by atoms with Gasteiger partial charge in [0.25, 0.3) is 5.91 Å². The molecule has 2 heterocycles. The van der Waals surface area contributed by atoms with Crippen LogP contribution in [-0.2, 0) is 11.0 Å². The van der Waals surface area contributed by atoms with Crippen LogP contribution in [0.25, 0.3) is 0 Å². The van der Waals surface area contributed by atoms with Crippen molar-refractivity contribution in [3.05, 3.63) is 46.5 Å². The van der Waals surface area contributed by atoms with Crippen LogP contribution in [0.3, 0.4) is 0 Å². The molecular weight excluding hydrogens is 381 g/mol. The van der Waals surface area contributed by atoms with Crippen molar-refractivity contribution in [1.82, 2.24) is 9.88 Å². The monoisotopic (exact) mass is 398 g/mol. The number of hydrogen-bond acceptors (Lipinski definition) is 5. The van der Waals surface area contributed by atoms with E-state index < -0.39 is 23.6 Å². The number of nitrogens with one attached hydrogen (secondary N) is 1. The molecule has 1 aliphatic rings. The van der Waals surface area contributed by atoms with Gasteiger partial charge in [0.15, 0.2) is 5.13 Å². The molecule has 0 unspecified atom stereocenters. The maximum atomic E-state index is 12.6. The van der Waals surface area contributed by atoms with Gasteiger partial charge in [-0.3, -0.25) is 19.8 Å². The predicted molar refractivity (Wildman–Crippen MR) is 94.3 cm³/mol. The van der Waals surface area contributed by atoms with E-state index in [4.69, 9.17) is 5.73 Å². The predicted octanol–water partition coefficient (Wildman–Crippen LogP) is 3.04. The van der Waals surface area contributed by atoms with Crippen LogP contribution in [0.2, 0.25) is 0 Å². The number of likely N-dealkylation sites (tertiary alicyclic amines) is 1. The Balaban J connectivity index is 1.67. The molecule has 1 fully saturated rings. The van der Waals surface area contributed by atoms with Gasteiger partial charge in [-0.15, -0.1) is 11.3 Å². The third-order valence-electron chi connectivity index (χ3n) is 4.28. The summed E-state index contributed by atoms with van der Waals surface area (Å²) in [5.74, 6) is -0.946. The van der Waals surface area contributed by atoms with Gasteiger partial charge in [-0.25, -0.2) is 4.98 Å². The number of nitrogens with zero attached hydrogens (tertiary/aromatic N) is 2. The van der Waals surface area contributed by atoms with E-state index in [1.54, 1.807) is 5.38 Å². The number of aromatic nitrogens is 1. The number of benzene rings is 1. The summed E-state index contributed by atoms with van der Waals surface area (Å²) in [6.45, 7) is 0.897. The summed E-state index contributed by atoms with van der Waals surface area (Å²) in [7, 11) is 0. The average Bonchev–Trinajstić information content (AvgIpc) is 3.22. The van der Waals surface area contributed by atoms with E-state index in [-0.39, 0.29) is 18.2 Å². The molecule has 0 bridgehead atoms. The minimum Gasteiger partial charge on any atom is -0.369 e. The molecule has 0 saturated carbocycles. The highest BCUT2D eigenvalue weighted by Gasteiger charge is 2.31. The normalized spacial score (nSPS) is 17.8. The summed E-state index contributed by atoms with van der Waals surface area (Å²) < 4.78 is 37.8. The minimum absolute atomic E-state index is 0.0366. The average molecular weight is 398 g/mol. The Bertz CT molecular complexity index is 835. The van der Waals surface area contributed by atoms with Gasteiger partial charge >= 0.3 is 6.18 Å². The van der Waals surface area contributed by atoms with Crippen LogP contribution in [0.5, 0.6) is 0 Å². The fourth-order valence-electron chi connectivity index (χ4n) is 3.03. The number of carbonyl (C=O) groups is 2. The van der Waals surface area contributed by atoms with Crippen molar-refractivity contribution in [2.45, 2.75) is 25.1 Å². The number of amides is 2.